The predicted octanol–water partition coefficient (Wildman–Crippen LogP) is 0.577. The molecule has 0 unspecified atom stereocenters. The van der Waals surface area contributed by atoms with Gasteiger partial charge in [0, 0.05) is 17.5 Å². The molecule has 0 saturated heterocycles. The van der Waals surface area contributed by atoms with Crippen molar-refractivity contribution in [1.29, 1.82) is 0 Å². The fourth-order valence-corrected chi connectivity index (χ4v) is 3.26. The molecule has 180 valence electrons. The van der Waals surface area contributed by atoms with E-state index in [0.717, 1.165) is 22.9 Å². The van der Waals surface area contributed by atoms with Gasteiger partial charge in [-0.05, 0) is 17.7 Å². The quantitative estimate of drug-likeness (QED) is 0.175. The molecule has 0 radical (unpaired) electrons. The minimum absolute atomic E-state index is 0.319. The van der Waals surface area contributed by atoms with E-state index in [0.29, 0.717) is 23.7 Å². The molecule has 1 aromatic heterocycles. The average Bonchev–Trinajstić information content (AvgIpc) is 2.88. The van der Waals surface area contributed by atoms with Crippen molar-refractivity contribution in [3.8, 4) is 17.0 Å². The summed E-state index contributed by atoms with van der Waals surface area (Å²) < 4.78 is 5.45. The Hall–Kier alpha value is -3.41. The topological polar surface area (TPSA) is 161 Å². The first-order chi connectivity index (χ1) is 16.4. The summed E-state index contributed by atoms with van der Waals surface area (Å²) in [7, 11) is 1.59. The summed E-state index contributed by atoms with van der Waals surface area (Å²) in [4.78, 5) is 0. The van der Waals surface area contributed by atoms with Gasteiger partial charge in [-0.3, -0.25) is 5.43 Å². The summed E-state index contributed by atoms with van der Waals surface area (Å²) in [6, 6.07) is 19.0. The van der Waals surface area contributed by atoms with Crippen LogP contribution in [0.4, 0.5) is 5.82 Å². The third-order valence-corrected chi connectivity index (χ3v) is 5.19. The Bertz CT molecular complexity index is 1080. The molecule has 4 atom stereocenters. The van der Waals surface area contributed by atoms with Crippen molar-refractivity contribution in [2.45, 2.75) is 30.8 Å². The van der Waals surface area contributed by atoms with Gasteiger partial charge in [0.15, 0.2) is 5.82 Å². The molecule has 0 fully saturated rings. The van der Waals surface area contributed by atoms with Gasteiger partial charge in [0.1, 0.15) is 30.2 Å². The van der Waals surface area contributed by atoms with E-state index in [-0.39, 0.29) is 0 Å². The third kappa shape index (κ3) is 6.34. The molecular weight excluding hydrogens is 440 g/mol. The van der Waals surface area contributed by atoms with Crippen molar-refractivity contribution in [2.75, 3.05) is 19.1 Å². The van der Waals surface area contributed by atoms with Crippen LogP contribution in [0.2, 0.25) is 0 Å². The van der Waals surface area contributed by atoms with Gasteiger partial charge in [0.25, 0.3) is 0 Å². The van der Waals surface area contributed by atoms with Crippen LogP contribution in [0.1, 0.15) is 11.1 Å². The summed E-state index contributed by atoms with van der Waals surface area (Å²) in [5, 5.41) is 60.4. The molecule has 0 amide bonds. The van der Waals surface area contributed by atoms with E-state index in [2.05, 4.69) is 20.7 Å². The molecule has 3 aromatic rings. The molecule has 0 bridgehead atoms. The molecule has 34 heavy (non-hydrogen) atoms. The van der Waals surface area contributed by atoms with Crippen LogP contribution < -0.4 is 10.2 Å². The number of aliphatic hydroxyl groups excluding tert-OH is 5. The van der Waals surface area contributed by atoms with Crippen LogP contribution in [-0.2, 0) is 6.42 Å². The molecule has 1 heterocycles. The number of anilines is 1. The molecule has 0 saturated carbocycles. The maximum atomic E-state index is 10.0. The van der Waals surface area contributed by atoms with Crippen LogP contribution in [0.25, 0.3) is 11.3 Å². The zero-order chi connectivity index (χ0) is 24.5. The Balaban J connectivity index is 1.85. The molecule has 10 nitrogen and oxygen atoms in total. The smallest absolute Gasteiger partial charge is 0.172 e. The van der Waals surface area contributed by atoms with Gasteiger partial charge < -0.3 is 30.3 Å². The van der Waals surface area contributed by atoms with Gasteiger partial charge in [-0.25, -0.2) is 0 Å². The number of ether oxygens (including phenoxy) is 1. The monoisotopic (exact) mass is 468 g/mol. The van der Waals surface area contributed by atoms with E-state index < -0.39 is 31.0 Å². The van der Waals surface area contributed by atoms with Gasteiger partial charge >= 0.3 is 0 Å². The van der Waals surface area contributed by atoms with E-state index in [1.165, 1.54) is 0 Å². The lowest BCUT2D eigenvalue weighted by Gasteiger charge is -2.23. The molecule has 0 aliphatic heterocycles. The lowest BCUT2D eigenvalue weighted by atomic mass is 10.0. The Kier molecular flexibility index (Phi) is 9.02. The van der Waals surface area contributed by atoms with Gasteiger partial charge in [-0.1, -0.05) is 48.5 Å². The highest BCUT2D eigenvalue weighted by Gasteiger charge is 2.29. The lowest BCUT2D eigenvalue weighted by Crippen LogP contribution is -2.46. The zero-order valence-electron chi connectivity index (χ0n) is 18.6. The fraction of sp³-hybridized carbons (Fsp3) is 0.292. The molecule has 10 heteroatoms. The first-order valence-electron chi connectivity index (χ1n) is 10.6. The van der Waals surface area contributed by atoms with Crippen LogP contribution >= 0.6 is 0 Å². The number of rotatable bonds is 11. The SMILES string of the molecule is COc1ccccc1Cc1cc(-c2ccccc2)nnc1N/N=C/[C@H](O)[C@@H](O)[C@H](O)[C@H](O)CO. The summed E-state index contributed by atoms with van der Waals surface area (Å²) in [5.74, 6) is 1.03. The number of benzene rings is 2. The molecule has 2 aromatic carbocycles. The summed E-state index contributed by atoms with van der Waals surface area (Å²) >= 11 is 0. The lowest BCUT2D eigenvalue weighted by molar-refractivity contribution is -0.0999. The summed E-state index contributed by atoms with van der Waals surface area (Å²) in [6.07, 6.45) is -5.32. The van der Waals surface area contributed by atoms with Crippen LogP contribution in [0, 0.1) is 0 Å². The molecule has 0 aliphatic rings. The highest BCUT2D eigenvalue weighted by Crippen LogP contribution is 2.26. The predicted molar refractivity (Wildman–Crippen MR) is 126 cm³/mol. The van der Waals surface area contributed by atoms with Crippen molar-refractivity contribution in [3.63, 3.8) is 0 Å². The minimum atomic E-state index is -1.76. The Labute approximate surface area is 196 Å². The van der Waals surface area contributed by atoms with Gasteiger partial charge in [0.2, 0.25) is 0 Å². The highest BCUT2D eigenvalue weighted by molar-refractivity contribution is 5.66. The number of nitrogens with one attached hydrogen (secondary N) is 1. The Morgan fingerprint density at radius 3 is 2.35 bits per heavy atom. The van der Waals surface area contributed by atoms with Gasteiger partial charge in [0.05, 0.1) is 25.6 Å². The van der Waals surface area contributed by atoms with Crippen LogP contribution in [-0.4, -0.2) is 80.1 Å². The number of nitrogens with zero attached hydrogens (tertiary/aromatic N) is 3. The van der Waals surface area contributed by atoms with E-state index in [4.69, 9.17) is 9.84 Å². The number of aromatic nitrogens is 2. The van der Waals surface area contributed by atoms with Crippen molar-refractivity contribution < 1.29 is 30.3 Å². The van der Waals surface area contributed by atoms with Crippen molar-refractivity contribution in [2.24, 2.45) is 5.10 Å². The third-order valence-electron chi connectivity index (χ3n) is 5.19. The van der Waals surface area contributed by atoms with Crippen LogP contribution in [0.15, 0.2) is 65.8 Å². The maximum absolute atomic E-state index is 10.0. The molecule has 0 spiro atoms. The van der Waals surface area contributed by atoms with Crippen LogP contribution in [0.5, 0.6) is 5.75 Å². The largest absolute Gasteiger partial charge is 0.496 e. The van der Waals surface area contributed by atoms with E-state index in [1.54, 1.807) is 7.11 Å². The number of methoxy groups -OCH3 is 1. The highest BCUT2D eigenvalue weighted by atomic mass is 16.5. The number of para-hydroxylation sites is 1. The standard InChI is InChI=1S/C24H28N4O6/c1-34-21-10-6-5-9-16(21)11-17-12-18(15-7-3-2-4-8-15)26-28-24(17)27-25-13-19(30)22(32)23(33)20(31)14-29/h2-10,12-13,19-20,22-23,29-33H,11,14H2,1H3,(H,27,28)/b25-13+/t19-,20+,22+,23+/m0/s1. The first-order valence-corrected chi connectivity index (χ1v) is 10.6. The maximum Gasteiger partial charge on any atom is 0.172 e. The van der Waals surface area contributed by atoms with Crippen molar-refractivity contribution in [3.05, 3.63) is 71.8 Å². The summed E-state index contributed by atoms with van der Waals surface area (Å²) in [6.45, 7) is -0.768. The molecule has 0 aliphatic carbocycles. The van der Waals surface area contributed by atoms with Crippen molar-refractivity contribution >= 4 is 12.0 Å². The van der Waals surface area contributed by atoms with E-state index in [1.807, 2.05) is 60.7 Å². The normalized spacial score (nSPS) is 15.0. The number of aliphatic hydroxyl groups is 5. The average molecular weight is 469 g/mol. The summed E-state index contributed by atoms with van der Waals surface area (Å²) in [5.41, 5.74) is 5.93. The molecular formula is C24H28N4O6. The number of hydrazone groups is 1. The Morgan fingerprint density at radius 2 is 1.65 bits per heavy atom. The van der Waals surface area contributed by atoms with Gasteiger partial charge in [-0.2, -0.15) is 5.10 Å². The Morgan fingerprint density at radius 1 is 0.941 bits per heavy atom. The van der Waals surface area contributed by atoms with Gasteiger partial charge in [-0.15, -0.1) is 10.2 Å². The molecule has 6 N–H and O–H groups in total. The molecule has 3 rings (SSSR count). The second-order valence-corrected chi connectivity index (χ2v) is 7.57. The number of hydrogen-bond acceptors (Lipinski definition) is 10. The number of hydrogen-bond donors (Lipinski definition) is 6. The fourth-order valence-electron chi connectivity index (χ4n) is 3.26. The second kappa shape index (κ2) is 12.2. The van der Waals surface area contributed by atoms with Crippen LogP contribution in [0.3, 0.4) is 0 Å². The van der Waals surface area contributed by atoms with Crippen molar-refractivity contribution in [1.82, 2.24) is 10.2 Å². The van der Waals surface area contributed by atoms with E-state index >= 15 is 0 Å². The van der Waals surface area contributed by atoms with E-state index in [9.17, 15) is 20.4 Å². The minimum Gasteiger partial charge on any atom is -0.496 e. The zero-order valence-corrected chi connectivity index (χ0v) is 18.6. The first kappa shape index (κ1) is 25.2. The second-order valence-electron chi connectivity index (χ2n) is 7.57.